The lowest BCUT2D eigenvalue weighted by Gasteiger charge is -2.59. The third-order valence-corrected chi connectivity index (χ3v) is 9.37. The molecular formula is C25H34O6. The first-order valence-corrected chi connectivity index (χ1v) is 11.8. The Balaban J connectivity index is 1.55. The second-order valence-electron chi connectivity index (χ2n) is 10.7. The summed E-state index contributed by atoms with van der Waals surface area (Å²) in [6, 6.07) is 0. The maximum absolute atomic E-state index is 13.2. The molecule has 170 valence electrons. The molecule has 0 aromatic rings. The second-order valence-corrected chi connectivity index (χ2v) is 10.7. The summed E-state index contributed by atoms with van der Waals surface area (Å²) in [5.41, 5.74) is -1.05. The molecule has 0 aromatic carbocycles. The Morgan fingerprint density at radius 1 is 1.32 bits per heavy atom. The van der Waals surface area contributed by atoms with E-state index in [0.29, 0.717) is 19.3 Å². The summed E-state index contributed by atoms with van der Waals surface area (Å²) in [5, 5.41) is 21.4. The number of ketones is 2. The SMILES string of the molecule is CCCC1O[C@@H]2C[C@H]3[C@@H]4CCC5=CC(=O)C=C[C@]5(C)[C@H]4[C@@H](O)C[C@]3(C)C2(C(=O)CO)O1. The number of hydrogen-bond acceptors (Lipinski definition) is 6. The molecule has 1 saturated heterocycles. The highest BCUT2D eigenvalue weighted by Crippen LogP contribution is 2.69. The molecule has 0 amide bonds. The monoisotopic (exact) mass is 430 g/mol. The van der Waals surface area contributed by atoms with Crippen molar-refractivity contribution in [1.29, 1.82) is 0 Å². The fourth-order valence-corrected chi connectivity index (χ4v) is 8.12. The van der Waals surface area contributed by atoms with E-state index in [9.17, 15) is 19.8 Å². The van der Waals surface area contributed by atoms with E-state index in [2.05, 4.69) is 20.8 Å². The van der Waals surface area contributed by atoms with Gasteiger partial charge in [0.05, 0.1) is 12.2 Å². The lowest BCUT2D eigenvalue weighted by atomic mass is 9.46. The predicted octanol–water partition coefficient (Wildman–Crippen LogP) is 2.72. The van der Waals surface area contributed by atoms with Gasteiger partial charge < -0.3 is 19.7 Å². The molecule has 9 atom stereocenters. The van der Waals surface area contributed by atoms with E-state index in [1.54, 1.807) is 12.2 Å². The lowest BCUT2D eigenvalue weighted by molar-refractivity contribution is -0.200. The molecule has 5 aliphatic rings. The van der Waals surface area contributed by atoms with Crippen LogP contribution in [0.3, 0.4) is 0 Å². The molecule has 3 saturated carbocycles. The third-order valence-electron chi connectivity index (χ3n) is 9.37. The molecule has 4 aliphatic carbocycles. The zero-order chi connectivity index (χ0) is 22.2. The molecule has 6 heteroatoms. The summed E-state index contributed by atoms with van der Waals surface area (Å²) >= 11 is 0. The largest absolute Gasteiger partial charge is 0.393 e. The number of aliphatic hydroxyl groups excluding tert-OH is 2. The number of allylic oxidation sites excluding steroid dienone is 4. The van der Waals surface area contributed by atoms with E-state index in [1.165, 1.54) is 0 Å². The van der Waals surface area contributed by atoms with Gasteiger partial charge in [-0.15, -0.1) is 0 Å². The van der Waals surface area contributed by atoms with Crippen molar-refractivity contribution in [3.63, 3.8) is 0 Å². The summed E-state index contributed by atoms with van der Waals surface area (Å²) in [4.78, 5) is 25.2. The van der Waals surface area contributed by atoms with Crippen molar-refractivity contribution in [3.8, 4) is 0 Å². The van der Waals surface area contributed by atoms with E-state index >= 15 is 0 Å². The van der Waals surface area contributed by atoms with Gasteiger partial charge in [0.15, 0.2) is 23.5 Å². The Kier molecular flexibility index (Phi) is 4.91. The van der Waals surface area contributed by atoms with Gasteiger partial charge in [-0.25, -0.2) is 0 Å². The molecule has 1 aliphatic heterocycles. The van der Waals surface area contributed by atoms with Gasteiger partial charge in [-0.1, -0.05) is 38.8 Å². The van der Waals surface area contributed by atoms with E-state index in [4.69, 9.17) is 9.47 Å². The van der Waals surface area contributed by atoms with Crippen LogP contribution in [0.25, 0.3) is 0 Å². The van der Waals surface area contributed by atoms with Crippen LogP contribution in [0, 0.1) is 28.6 Å². The van der Waals surface area contributed by atoms with Crippen LogP contribution in [0.5, 0.6) is 0 Å². The second kappa shape index (κ2) is 7.08. The van der Waals surface area contributed by atoms with Crippen molar-refractivity contribution in [2.24, 2.45) is 28.6 Å². The number of ether oxygens (including phenoxy) is 2. The predicted molar refractivity (Wildman–Crippen MR) is 113 cm³/mol. The van der Waals surface area contributed by atoms with Crippen LogP contribution in [0.15, 0.2) is 23.8 Å². The number of hydrogen-bond donors (Lipinski definition) is 2. The van der Waals surface area contributed by atoms with Gasteiger partial charge in [-0.05, 0) is 56.1 Å². The Labute approximate surface area is 183 Å². The number of aliphatic hydroxyl groups is 2. The fraction of sp³-hybridized carbons (Fsp3) is 0.760. The van der Waals surface area contributed by atoms with Crippen molar-refractivity contribution in [2.75, 3.05) is 6.61 Å². The van der Waals surface area contributed by atoms with Crippen molar-refractivity contribution in [3.05, 3.63) is 23.8 Å². The molecule has 5 rings (SSSR count). The number of carbonyl (C=O) groups excluding carboxylic acids is 2. The van der Waals surface area contributed by atoms with Crippen LogP contribution in [0.4, 0.5) is 0 Å². The Bertz CT molecular complexity index is 862. The van der Waals surface area contributed by atoms with E-state index in [0.717, 1.165) is 24.8 Å². The highest BCUT2D eigenvalue weighted by atomic mass is 16.7. The van der Waals surface area contributed by atoms with Crippen molar-refractivity contribution in [2.45, 2.75) is 83.4 Å². The minimum Gasteiger partial charge on any atom is -0.393 e. The molecule has 2 N–H and O–H groups in total. The first-order chi connectivity index (χ1) is 14.7. The molecule has 2 unspecified atom stereocenters. The van der Waals surface area contributed by atoms with Gasteiger partial charge in [-0.3, -0.25) is 9.59 Å². The van der Waals surface area contributed by atoms with Crippen LogP contribution in [0.1, 0.15) is 59.3 Å². The first-order valence-electron chi connectivity index (χ1n) is 11.8. The van der Waals surface area contributed by atoms with Crippen molar-refractivity contribution < 1.29 is 29.3 Å². The average Bonchev–Trinajstić information content (AvgIpc) is 3.20. The zero-order valence-electron chi connectivity index (χ0n) is 18.7. The molecular weight excluding hydrogens is 396 g/mol. The molecule has 4 fully saturated rings. The first kappa shape index (κ1) is 21.5. The summed E-state index contributed by atoms with van der Waals surface area (Å²) < 4.78 is 12.7. The van der Waals surface area contributed by atoms with Crippen molar-refractivity contribution >= 4 is 11.6 Å². The molecule has 1 heterocycles. The maximum Gasteiger partial charge on any atom is 0.193 e. The molecule has 0 radical (unpaired) electrons. The lowest BCUT2D eigenvalue weighted by Crippen LogP contribution is -2.63. The summed E-state index contributed by atoms with van der Waals surface area (Å²) in [6.07, 6.45) is 8.31. The van der Waals surface area contributed by atoms with Crippen LogP contribution in [-0.4, -0.2) is 52.5 Å². The number of Topliss-reactive ketones (excluding diaryl/α,β-unsaturated/α-hetero) is 1. The number of fused-ring (bicyclic) bond motifs is 7. The minimum atomic E-state index is -1.20. The molecule has 0 spiro atoms. The summed E-state index contributed by atoms with van der Waals surface area (Å²) in [6.45, 7) is 5.67. The smallest absolute Gasteiger partial charge is 0.193 e. The minimum absolute atomic E-state index is 0.0125. The van der Waals surface area contributed by atoms with Crippen LogP contribution in [-0.2, 0) is 19.1 Å². The molecule has 31 heavy (non-hydrogen) atoms. The van der Waals surface area contributed by atoms with Gasteiger partial charge in [0.25, 0.3) is 0 Å². The highest BCUT2D eigenvalue weighted by Gasteiger charge is 2.75. The quantitative estimate of drug-likeness (QED) is 0.712. The fourth-order valence-electron chi connectivity index (χ4n) is 8.12. The van der Waals surface area contributed by atoms with E-state index in [-0.39, 0.29) is 34.7 Å². The Morgan fingerprint density at radius 2 is 2.10 bits per heavy atom. The van der Waals surface area contributed by atoms with Crippen LogP contribution in [0.2, 0.25) is 0 Å². The van der Waals surface area contributed by atoms with Gasteiger partial charge in [0.1, 0.15) is 6.61 Å². The van der Waals surface area contributed by atoms with Gasteiger partial charge in [0, 0.05) is 16.7 Å². The third kappa shape index (κ3) is 2.65. The highest BCUT2D eigenvalue weighted by molar-refractivity contribution is 6.01. The van der Waals surface area contributed by atoms with Gasteiger partial charge in [-0.2, -0.15) is 0 Å². The number of carbonyl (C=O) groups is 2. The molecule has 0 bridgehead atoms. The molecule has 0 aromatic heterocycles. The van der Waals surface area contributed by atoms with E-state index in [1.807, 2.05) is 6.08 Å². The normalized spacial score (nSPS) is 50.4. The average molecular weight is 431 g/mol. The van der Waals surface area contributed by atoms with E-state index < -0.39 is 36.1 Å². The van der Waals surface area contributed by atoms with Gasteiger partial charge >= 0.3 is 0 Å². The van der Waals surface area contributed by atoms with Crippen molar-refractivity contribution in [1.82, 2.24) is 0 Å². The maximum atomic E-state index is 13.2. The van der Waals surface area contributed by atoms with Crippen LogP contribution < -0.4 is 0 Å². The Morgan fingerprint density at radius 3 is 2.81 bits per heavy atom. The summed E-state index contributed by atoms with van der Waals surface area (Å²) in [7, 11) is 0. The summed E-state index contributed by atoms with van der Waals surface area (Å²) in [5.74, 6) is 0.0274. The Hall–Kier alpha value is -1.34. The van der Waals surface area contributed by atoms with Gasteiger partial charge in [0.2, 0.25) is 0 Å². The molecule has 6 nitrogen and oxygen atoms in total. The number of rotatable bonds is 4. The van der Waals surface area contributed by atoms with Crippen LogP contribution >= 0.6 is 0 Å². The standard InChI is InChI=1S/C25H34O6/c1-4-5-21-30-20-11-17-16-7-6-14-10-15(27)8-9-23(14,2)22(16)18(28)12-24(17,3)25(20,31-21)19(29)13-26/h8-10,16-18,20-22,26,28H,4-7,11-13H2,1-3H3/t16-,17-,18-,20+,21?,22+,23-,24-,25?/m0/s1. The topological polar surface area (TPSA) is 93.1 Å². The zero-order valence-corrected chi connectivity index (χ0v) is 18.7.